The van der Waals surface area contributed by atoms with Crippen LogP contribution in [0.1, 0.15) is 58.1 Å². The number of aryl methyl sites for hydroxylation is 2. The number of hydrogen-bond acceptors (Lipinski definition) is 6. The molecule has 0 unspecified atom stereocenters. The molecule has 3 rings (SSSR count). The molecule has 29 heavy (non-hydrogen) atoms. The van der Waals surface area contributed by atoms with Gasteiger partial charge in [-0.25, -0.2) is 14.5 Å². The highest BCUT2D eigenvalue weighted by Crippen LogP contribution is 2.29. The van der Waals surface area contributed by atoms with Gasteiger partial charge in [0, 0.05) is 7.05 Å². The highest BCUT2D eigenvalue weighted by atomic mass is 16.5. The Labute approximate surface area is 172 Å². The highest BCUT2D eigenvalue weighted by molar-refractivity contribution is 5.88. The molecular formula is C21H31N5O3. The number of aromatic nitrogens is 4. The van der Waals surface area contributed by atoms with Crippen molar-refractivity contribution in [2.75, 3.05) is 11.9 Å². The Hall–Kier alpha value is -2.64. The Morgan fingerprint density at radius 2 is 2.03 bits per heavy atom. The second-order valence-electron chi connectivity index (χ2n) is 8.01. The Morgan fingerprint density at radius 1 is 1.28 bits per heavy atom. The van der Waals surface area contributed by atoms with Crippen LogP contribution in [0, 0.1) is 12.8 Å². The normalized spacial score (nSPS) is 14.8. The highest BCUT2D eigenvalue weighted by Gasteiger charge is 2.20. The molecule has 2 aromatic rings. The molecule has 0 saturated heterocycles. The molecule has 8 heteroatoms. The van der Waals surface area contributed by atoms with E-state index in [1.165, 1.54) is 23.9 Å². The average molecular weight is 402 g/mol. The zero-order valence-corrected chi connectivity index (χ0v) is 17.8. The fraction of sp³-hybridized carbons (Fsp3) is 0.619. The van der Waals surface area contributed by atoms with Crippen LogP contribution in [-0.4, -0.2) is 38.8 Å². The first kappa shape index (κ1) is 21.1. The molecule has 0 atom stereocenters. The minimum Gasteiger partial charge on any atom is -0.489 e. The first-order chi connectivity index (χ1) is 13.9. The van der Waals surface area contributed by atoms with E-state index >= 15 is 0 Å². The summed E-state index contributed by atoms with van der Waals surface area (Å²) < 4.78 is 12.9. The number of rotatable bonds is 7. The van der Waals surface area contributed by atoms with Gasteiger partial charge in [0.2, 0.25) is 0 Å². The summed E-state index contributed by atoms with van der Waals surface area (Å²) in [5, 5.41) is 10.9. The number of nitrogens with one attached hydrogen (secondary N) is 1. The van der Waals surface area contributed by atoms with Crippen molar-refractivity contribution in [2.24, 2.45) is 13.0 Å². The summed E-state index contributed by atoms with van der Waals surface area (Å²) in [5.41, 5.74) is 1.92. The molecule has 0 aliphatic heterocycles. The van der Waals surface area contributed by atoms with E-state index in [0.29, 0.717) is 29.7 Å². The summed E-state index contributed by atoms with van der Waals surface area (Å²) in [6.07, 6.45) is 6.48. The van der Waals surface area contributed by atoms with E-state index in [0.717, 1.165) is 30.7 Å². The minimum atomic E-state index is -0.522. The lowest BCUT2D eigenvalue weighted by Gasteiger charge is -2.23. The van der Waals surface area contributed by atoms with Gasteiger partial charge in [-0.2, -0.15) is 0 Å². The summed E-state index contributed by atoms with van der Waals surface area (Å²) in [6, 6.07) is 3.77. The van der Waals surface area contributed by atoms with E-state index in [2.05, 4.69) is 34.5 Å². The topological polar surface area (TPSA) is 91.2 Å². The van der Waals surface area contributed by atoms with Crippen molar-refractivity contribution in [1.82, 2.24) is 20.0 Å². The van der Waals surface area contributed by atoms with Gasteiger partial charge in [0.1, 0.15) is 5.75 Å². The molecule has 1 amide bonds. The van der Waals surface area contributed by atoms with E-state index in [1.54, 1.807) is 7.05 Å². The summed E-state index contributed by atoms with van der Waals surface area (Å²) in [7, 11) is 1.72. The van der Waals surface area contributed by atoms with Crippen LogP contribution in [0.3, 0.4) is 0 Å². The van der Waals surface area contributed by atoms with Crippen molar-refractivity contribution in [3.63, 3.8) is 0 Å². The zero-order chi connectivity index (χ0) is 20.8. The van der Waals surface area contributed by atoms with Crippen molar-refractivity contribution < 1.29 is 14.3 Å². The first-order valence-electron chi connectivity index (χ1n) is 10.4. The lowest BCUT2D eigenvalue weighted by Crippen LogP contribution is -2.20. The van der Waals surface area contributed by atoms with Crippen molar-refractivity contribution in [2.45, 2.75) is 65.4 Å². The van der Waals surface area contributed by atoms with Gasteiger partial charge >= 0.3 is 6.09 Å². The number of ether oxygens (including phenoxy) is 2. The molecule has 0 aromatic carbocycles. The van der Waals surface area contributed by atoms with Crippen molar-refractivity contribution in [3.05, 3.63) is 17.8 Å². The van der Waals surface area contributed by atoms with Gasteiger partial charge in [-0.15, -0.1) is 5.10 Å². The predicted molar refractivity (Wildman–Crippen MR) is 111 cm³/mol. The lowest BCUT2D eigenvalue weighted by molar-refractivity contribution is 0.153. The zero-order valence-electron chi connectivity index (χ0n) is 17.8. The van der Waals surface area contributed by atoms with Crippen LogP contribution in [0.15, 0.2) is 12.1 Å². The summed E-state index contributed by atoms with van der Waals surface area (Å²) in [4.78, 5) is 16.8. The SMILES string of the molecule is Cc1nc(-c2nnn(C)c2NC(=O)OCCC(C)C)ccc1OC1CCCCC1. The lowest BCUT2D eigenvalue weighted by atomic mass is 9.98. The number of amides is 1. The van der Waals surface area contributed by atoms with Gasteiger partial charge in [-0.05, 0) is 57.1 Å². The van der Waals surface area contributed by atoms with E-state index in [4.69, 9.17) is 9.47 Å². The third kappa shape index (κ3) is 5.68. The predicted octanol–water partition coefficient (Wildman–Crippen LogP) is 4.49. The van der Waals surface area contributed by atoms with Crippen molar-refractivity contribution in [3.8, 4) is 17.1 Å². The van der Waals surface area contributed by atoms with Crippen LogP contribution in [-0.2, 0) is 11.8 Å². The Bertz CT molecular complexity index is 828. The molecule has 1 N–H and O–H groups in total. The van der Waals surface area contributed by atoms with E-state index in [-0.39, 0.29) is 6.10 Å². The number of nitrogens with zero attached hydrogens (tertiary/aromatic N) is 4. The molecule has 1 aliphatic rings. The van der Waals surface area contributed by atoms with Gasteiger partial charge < -0.3 is 9.47 Å². The van der Waals surface area contributed by atoms with Crippen LogP contribution in [0.4, 0.5) is 10.6 Å². The smallest absolute Gasteiger partial charge is 0.412 e. The van der Waals surface area contributed by atoms with Gasteiger partial charge in [0.15, 0.2) is 11.5 Å². The molecule has 158 valence electrons. The molecule has 2 heterocycles. The fourth-order valence-corrected chi connectivity index (χ4v) is 3.36. The van der Waals surface area contributed by atoms with Crippen LogP contribution in [0.5, 0.6) is 5.75 Å². The van der Waals surface area contributed by atoms with Gasteiger partial charge in [-0.3, -0.25) is 5.32 Å². The van der Waals surface area contributed by atoms with Crippen molar-refractivity contribution >= 4 is 11.9 Å². The van der Waals surface area contributed by atoms with E-state index in [1.807, 2.05) is 19.1 Å². The number of anilines is 1. The molecule has 0 bridgehead atoms. The first-order valence-corrected chi connectivity index (χ1v) is 10.4. The maximum atomic E-state index is 12.1. The number of hydrogen-bond donors (Lipinski definition) is 1. The largest absolute Gasteiger partial charge is 0.489 e. The molecule has 1 saturated carbocycles. The Balaban J connectivity index is 1.70. The van der Waals surface area contributed by atoms with Gasteiger partial charge in [0.25, 0.3) is 0 Å². The summed E-state index contributed by atoms with van der Waals surface area (Å²) in [5.74, 6) is 1.72. The standard InChI is InChI=1S/C21H31N5O3/c1-14(2)12-13-28-21(27)23-20-19(24-25-26(20)4)17-10-11-18(15(3)22-17)29-16-8-6-5-7-9-16/h10-11,14,16H,5-9,12-13H2,1-4H3,(H,23,27). The van der Waals surface area contributed by atoms with Gasteiger partial charge in [0.05, 0.1) is 24.1 Å². The number of carbonyl (C=O) groups is 1. The fourth-order valence-electron chi connectivity index (χ4n) is 3.36. The quantitative estimate of drug-likeness (QED) is 0.735. The van der Waals surface area contributed by atoms with E-state index < -0.39 is 6.09 Å². The molecule has 2 aromatic heterocycles. The Morgan fingerprint density at radius 3 is 2.72 bits per heavy atom. The molecule has 0 spiro atoms. The van der Waals surface area contributed by atoms with Crippen LogP contribution in [0.2, 0.25) is 0 Å². The molecule has 0 radical (unpaired) electrons. The average Bonchev–Trinajstić information content (AvgIpc) is 3.04. The second-order valence-corrected chi connectivity index (χ2v) is 8.01. The minimum absolute atomic E-state index is 0.268. The van der Waals surface area contributed by atoms with Gasteiger partial charge in [-0.1, -0.05) is 25.5 Å². The second kappa shape index (κ2) is 9.71. The van der Waals surface area contributed by atoms with E-state index in [9.17, 15) is 4.79 Å². The third-order valence-corrected chi connectivity index (χ3v) is 5.10. The molecule has 1 fully saturated rings. The van der Waals surface area contributed by atoms with Crippen LogP contribution < -0.4 is 10.1 Å². The monoisotopic (exact) mass is 401 g/mol. The third-order valence-electron chi connectivity index (χ3n) is 5.10. The summed E-state index contributed by atoms with van der Waals surface area (Å²) in [6.45, 7) is 6.46. The van der Waals surface area contributed by atoms with Crippen LogP contribution in [0.25, 0.3) is 11.4 Å². The maximum absolute atomic E-state index is 12.1. The molecule has 8 nitrogen and oxygen atoms in total. The van der Waals surface area contributed by atoms with Crippen molar-refractivity contribution in [1.29, 1.82) is 0 Å². The summed E-state index contributed by atoms with van der Waals surface area (Å²) >= 11 is 0. The molecular weight excluding hydrogens is 370 g/mol. The number of carbonyl (C=O) groups excluding carboxylic acids is 1. The maximum Gasteiger partial charge on any atom is 0.412 e. The number of pyridine rings is 1. The molecule has 1 aliphatic carbocycles. The Kier molecular flexibility index (Phi) is 7.06. The van der Waals surface area contributed by atoms with Crippen LogP contribution >= 0.6 is 0 Å².